The molecule has 108 valence electrons. The minimum atomic E-state index is -2.80. The van der Waals surface area contributed by atoms with Crippen molar-refractivity contribution in [1.29, 1.82) is 0 Å². The van der Waals surface area contributed by atoms with Crippen molar-refractivity contribution in [2.75, 3.05) is 6.54 Å². The highest BCUT2D eigenvalue weighted by Crippen LogP contribution is 2.26. The average Bonchev–Trinajstić information content (AvgIpc) is 2.83. The molecule has 2 aromatic rings. The number of nitrogens with one attached hydrogen (secondary N) is 1. The van der Waals surface area contributed by atoms with E-state index in [1.807, 2.05) is 19.2 Å². The van der Waals surface area contributed by atoms with Crippen LogP contribution in [0.1, 0.15) is 29.2 Å². The molecule has 1 N–H and O–H groups in total. The minimum absolute atomic E-state index is 0.0284. The maximum absolute atomic E-state index is 12.1. The molecule has 0 aliphatic heterocycles. The second kappa shape index (κ2) is 6.76. The Bertz CT molecular complexity index is 542. The fourth-order valence-electron chi connectivity index (χ4n) is 1.90. The summed E-state index contributed by atoms with van der Waals surface area (Å²) in [6.07, 6.45) is 0. The van der Waals surface area contributed by atoms with Crippen LogP contribution in [0.5, 0.6) is 5.75 Å². The van der Waals surface area contributed by atoms with Crippen molar-refractivity contribution < 1.29 is 13.5 Å². The Morgan fingerprint density at radius 2 is 2.00 bits per heavy atom. The van der Waals surface area contributed by atoms with Gasteiger partial charge in [0.05, 0.1) is 6.04 Å². The molecule has 2 rings (SSSR count). The van der Waals surface area contributed by atoms with Crippen molar-refractivity contribution in [3.63, 3.8) is 0 Å². The SMILES string of the molecule is CCNC(c1ccc(OC(F)F)cc1)c1nc(C)cs1. The first-order valence-corrected chi connectivity index (χ1v) is 7.18. The van der Waals surface area contributed by atoms with E-state index in [2.05, 4.69) is 15.0 Å². The number of alkyl halides is 2. The summed E-state index contributed by atoms with van der Waals surface area (Å²) < 4.78 is 28.6. The number of hydrogen-bond donors (Lipinski definition) is 1. The molecule has 0 saturated heterocycles. The maximum atomic E-state index is 12.1. The number of hydrogen-bond acceptors (Lipinski definition) is 4. The fourth-order valence-corrected chi connectivity index (χ4v) is 2.79. The van der Waals surface area contributed by atoms with Crippen LogP contribution in [-0.4, -0.2) is 18.1 Å². The van der Waals surface area contributed by atoms with Gasteiger partial charge in [-0.15, -0.1) is 11.3 Å². The minimum Gasteiger partial charge on any atom is -0.435 e. The molecule has 3 nitrogen and oxygen atoms in total. The van der Waals surface area contributed by atoms with Gasteiger partial charge in [-0.3, -0.25) is 0 Å². The van der Waals surface area contributed by atoms with Crippen LogP contribution in [0.15, 0.2) is 29.6 Å². The lowest BCUT2D eigenvalue weighted by molar-refractivity contribution is -0.0498. The number of halogens is 2. The van der Waals surface area contributed by atoms with Gasteiger partial charge in [-0.25, -0.2) is 4.98 Å². The van der Waals surface area contributed by atoms with Crippen molar-refractivity contribution in [1.82, 2.24) is 10.3 Å². The molecule has 0 bridgehead atoms. The number of aromatic nitrogens is 1. The Labute approximate surface area is 120 Å². The van der Waals surface area contributed by atoms with Crippen LogP contribution in [0.2, 0.25) is 0 Å². The van der Waals surface area contributed by atoms with Gasteiger partial charge in [0, 0.05) is 11.1 Å². The van der Waals surface area contributed by atoms with E-state index in [0.717, 1.165) is 22.8 Å². The molecule has 6 heteroatoms. The van der Waals surface area contributed by atoms with Crippen molar-refractivity contribution in [2.24, 2.45) is 0 Å². The van der Waals surface area contributed by atoms with Crippen LogP contribution in [0, 0.1) is 6.92 Å². The summed E-state index contributed by atoms with van der Waals surface area (Å²) in [4.78, 5) is 4.48. The van der Waals surface area contributed by atoms with Crippen molar-refractivity contribution >= 4 is 11.3 Å². The van der Waals surface area contributed by atoms with Gasteiger partial charge in [0.25, 0.3) is 0 Å². The zero-order valence-corrected chi connectivity index (χ0v) is 12.1. The quantitative estimate of drug-likeness (QED) is 0.882. The number of nitrogens with zero attached hydrogens (tertiary/aromatic N) is 1. The van der Waals surface area contributed by atoms with Crippen LogP contribution in [0.25, 0.3) is 0 Å². The van der Waals surface area contributed by atoms with Crippen LogP contribution >= 0.6 is 11.3 Å². The predicted octanol–water partition coefficient (Wildman–Crippen LogP) is 3.75. The smallest absolute Gasteiger partial charge is 0.387 e. The molecule has 20 heavy (non-hydrogen) atoms. The zero-order chi connectivity index (χ0) is 14.5. The molecule has 0 spiro atoms. The lowest BCUT2D eigenvalue weighted by Crippen LogP contribution is -2.21. The number of aryl methyl sites for hydroxylation is 1. The van der Waals surface area contributed by atoms with E-state index in [-0.39, 0.29) is 11.8 Å². The molecular formula is C14H16F2N2OS. The zero-order valence-electron chi connectivity index (χ0n) is 11.3. The van der Waals surface area contributed by atoms with Gasteiger partial charge in [0.2, 0.25) is 0 Å². The monoisotopic (exact) mass is 298 g/mol. The molecular weight excluding hydrogens is 282 g/mol. The molecule has 0 fully saturated rings. The summed E-state index contributed by atoms with van der Waals surface area (Å²) >= 11 is 1.58. The highest BCUT2D eigenvalue weighted by molar-refractivity contribution is 7.09. The average molecular weight is 298 g/mol. The van der Waals surface area contributed by atoms with Crippen molar-refractivity contribution in [3.05, 3.63) is 45.9 Å². The highest BCUT2D eigenvalue weighted by atomic mass is 32.1. The number of thiazole rings is 1. The number of ether oxygens (including phenoxy) is 1. The first-order valence-electron chi connectivity index (χ1n) is 6.30. The lowest BCUT2D eigenvalue weighted by Gasteiger charge is -2.16. The third kappa shape index (κ3) is 3.74. The first-order chi connectivity index (χ1) is 9.60. The molecule has 1 atom stereocenters. The summed E-state index contributed by atoms with van der Waals surface area (Å²) in [5.41, 5.74) is 1.95. The summed E-state index contributed by atoms with van der Waals surface area (Å²) in [5.74, 6) is 0.161. The second-order valence-corrected chi connectivity index (χ2v) is 5.16. The first kappa shape index (κ1) is 14.9. The molecule has 0 aliphatic rings. The normalized spacial score (nSPS) is 12.7. The molecule has 1 unspecified atom stereocenters. The van der Waals surface area contributed by atoms with E-state index in [0.29, 0.717) is 0 Å². The summed E-state index contributed by atoms with van der Waals surface area (Å²) in [6, 6.07) is 6.63. The third-order valence-corrected chi connectivity index (χ3v) is 3.76. The Balaban J connectivity index is 2.21. The molecule has 0 radical (unpaired) electrons. The topological polar surface area (TPSA) is 34.1 Å². The van der Waals surface area contributed by atoms with E-state index in [4.69, 9.17) is 0 Å². The van der Waals surface area contributed by atoms with E-state index in [1.165, 1.54) is 0 Å². The highest BCUT2D eigenvalue weighted by Gasteiger charge is 2.16. The summed E-state index contributed by atoms with van der Waals surface area (Å²) in [5, 5.41) is 6.31. The van der Waals surface area contributed by atoms with E-state index in [1.54, 1.807) is 35.6 Å². The fraction of sp³-hybridized carbons (Fsp3) is 0.357. The van der Waals surface area contributed by atoms with E-state index in [9.17, 15) is 8.78 Å². The number of rotatable bonds is 6. The molecule has 0 aliphatic carbocycles. The van der Waals surface area contributed by atoms with E-state index < -0.39 is 6.61 Å². The van der Waals surface area contributed by atoms with Gasteiger partial charge < -0.3 is 10.1 Å². The van der Waals surface area contributed by atoms with Crippen LogP contribution in [0.3, 0.4) is 0 Å². The van der Waals surface area contributed by atoms with Crippen LogP contribution in [-0.2, 0) is 0 Å². The van der Waals surface area contributed by atoms with Crippen LogP contribution in [0.4, 0.5) is 8.78 Å². The van der Waals surface area contributed by atoms with Gasteiger partial charge in [-0.2, -0.15) is 8.78 Å². The molecule has 1 aromatic heterocycles. The third-order valence-electron chi connectivity index (χ3n) is 2.73. The van der Waals surface area contributed by atoms with Gasteiger partial charge in [0.15, 0.2) is 0 Å². The van der Waals surface area contributed by atoms with E-state index >= 15 is 0 Å². The Hall–Kier alpha value is -1.53. The van der Waals surface area contributed by atoms with Gasteiger partial charge in [-0.1, -0.05) is 19.1 Å². The van der Waals surface area contributed by atoms with Crippen molar-refractivity contribution in [3.8, 4) is 5.75 Å². The second-order valence-electron chi connectivity index (χ2n) is 4.27. The van der Waals surface area contributed by atoms with Gasteiger partial charge in [0.1, 0.15) is 10.8 Å². The Kier molecular flexibility index (Phi) is 5.03. The van der Waals surface area contributed by atoms with Crippen molar-refractivity contribution in [2.45, 2.75) is 26.5 Å². The largest absolute Gasteiger partial charge is 0.435 e. The predicted molar refractivity (Wildman–Crippen MR) is 75.4 cm³/mol. The maximum Gasteiger partial charge on any atom is 0.387 e. The lowest BCUT2D eigenvalue weighted by atomic mass is 10.1. The molecule has 1 aromatic carbocycles. The molecule has 0 saturated carbocycles. The Morgan fingerprint density at radius 1 is 1.30 bits per heavy atom. The summed E-state index contributed by atoms with van der Waals surface area (Å²) in [6.45, 7) is 1.95. The standard InChI is InChI=1S/C14H16F2N2OS/c1-3-17-12(13-18-9(2)8-20-13)10-4-6-11(7-5-10)19-14(15)16/h4-8,12,14,17H,3H2,1-2H3. The van der Waals surface area contributed by atoms with Gasteiger partial charge in [-0.05, 0) is 31.2 Å². The summed E-state index contributed by atoms with van der Waals surface area (Å²) in [7, 11) is 0. The van der Waals surface area contributed by atoms with Gasteiger partial charge >= 0.3 is 6.61 Å². The molecule has 1 heterocycles. The number of benzene rings is 1. The molecule has 0 amide bonds. The Morgan fingerprint density at radius 3 is 2.50 bits per heavy atom. The van der Waals surface area contributed by atoms with Crippen LogP contribution < -0.4 is 10.1 Å².